The monoisotopic (exact) mass is 357 g/mol. The van der Waals surface area contributed by atoms with Gasteiger partial charge in [0.25, 0.3) is 5.56 Å². The number of hydrogen-bond donors (Lipinski definition) is 1. The van der Waals surface area contributed by atoms with E-state index < -0.39 is 11.2 Å². The zero-order valence-electron chi connectivity index (χ0n) is 15.6. The molecule has 0 fully saturated rings. The number of benzene rings is 1. The number of ether oxygens (including phenoxy) is 1. The van der Waals surface area contributed by atoms with Gasteiger partial charge >= 0.3 is 5.69 Å². The van der Waals surface area contributed by atoms with Crippen LogP contribution in [0.3, 0.4) is 0 Å². The average molecular weight is 357 g/mol. The molecule has 1 heterocycles. The Bertz CT molecular complexity index is 953. The van der Waals surface area contributed by atoms with Crippen molar-refractivity contribution in [2.24, 2.45) is 14.1 Å². The third kappa shape index (κ3) is 3.63. The lowest BCUT2D eigenvalue weighted by Crippen LogP contribution is -2.40. The summed E-state index contributed by atoms with van der Waals surface area (Å²) >= 11 is 0. The Balaban J connectivity index is 2.41. The minimum Gasteiger partial charge on any atom is -0.497 e. The summed E-state index contributed by atoms with van der Waals surface area (Å²) < 4.78 is 7.48. The summed E-state index contributed by atoms with van der Waals surface area (Å²) in [7, 11) is 8.35. The van der Waals surface area contributed by atoms with Gasteiger partial charge in [0.1, 0.15) is 17.6 Å². The highest BCUT2D eigenvalue weighted by atomic mass is 16.5. The minimum atomic E-state index is -0.610. The molecule has 0 radical (unpaired) electrons. The van der Waals surface area contributed by atoms with E-state index >= 15 is 0 Å². The normalized spacial score (nSPS) is 11.9. The number of likely N-dealkylation sites (N-methyl/N-ethyl adjacent to an activating group) is 1. The van der Waals surface area contributed by atoms with E-state index in [0.29, 0.717) is 6.54 Å². The maximum Gasteiger partial charge on any atom is 0.332 e. The fraction of sp³-hybridized carbons (Fsp3) is 0.389. The second-order valence-corrected chi connectivity index (χ2v) is 6.18. The molecule has 0 spiro atoms. The largest absolute Gasteiger partial charge is 0.497 e. The van der Waals surface area contributed by atoms with Crippen molar-refractivity contribution in [3.63, 3.8) is 0 Å². The molecule has 2 rings (SSSR count). The van der Waals surface area contributed by atoms with Gasteiger partial charge in [-0.2, -0.15) is 5.26 Å². The SMILES string of the molecule is COc1cccc([C@@H](CNc2c(C#N)c(=O)n(C)c(=O)n2C)N(C)C)c1. The van der Waals surface area contributed by atoms with Crippen LogP contribution < -0.4 is 21.3 Å². The fourth-order valence-electron chi connectivity index (χ4n) is 2.79. The van der Waals surface area contributed by atoms with Crippen LogP contribution in [-0.2, 0) is 14.1 Å². The molecule has 0 saturated heterocycles. The molecule has 1 atom stereocenters. The molecule has 0 aliphatic heterocycles. The predicted molar refractivity (Wildman–Crippen MR) is 99.6 cm³/mol. The van der Waals surface area contributed by atoms with E-state index in [1.54, 1.807) is 7.11 Å². The van der Waals surface area contributed by atoms with Gasteiger partial charge in [-0.25, -0.2) is 4.79 Å². The van der Waals surface area contributed by atoms with Gasteiger partial charge in [0, 0.05) is 20.6 Å². The molecular weight excluding hydrogens is 334 g/mol. The third-order valence-electron chi connectivity index (χ3n) is 4.34. The fourth-order valence-corrected chi connectivity index (χ4v) is 2.79. The number of methoxy groups -OCH3 is 1. The summed E-state index contributed by atoms with van der Waals surface area (Å²) in [5, 5.41) is 12.5. The smallest absolute Gasteiger partial charge is 0.332 e. The second-order valence-electron chi connectivity index (χ2n) is 6.18. The van der Waals surface area contributed by atoms with Crippen molar-refractivity contribution in [1.29, 1.82) is 5.26 Å². The van der Waals surface area contributed by atoms with Crippen LogP contribution >= 0.6 is 0 Å². The molecule has 26 heavy (non-hydrogen) atoms. The van der Waals surface area contributed by atoms with E-state index in [9.17, 15) is 14.9 Å². The molecule has 0 aliphatic rings. The lowest BCUT2D eigenvalue weighted by atomic mass is 10.1. The molecular formula is C18H23N5O3. The summed E-state index contributed by atoms with van der Waals surface area (Å²) in [5.41, 5.74) is -0.174. The number of anilines is 1. The molecule has 8 heteroatoms. The summed E-state index contributed by atoms with van der Waals surface area (Å²) in [6, 6.07) is 9.51. The van der Waals surface area contributed by atoms with Gasteiger partial charge in [-0.1, -0.05) is 12.1 Å². The molecule has 8 nitrogen and oxygen atoms in total. The van der Waals surface area contributed by atoms with Crippen LogP contribution in [0.2, 0.25) is 0 Å². The summed E-state index contributed by atoms with van der Waals surface area (Å²) in [6.07, 6.45) is 0. The van der Waals surface area contributed by atoms with Crippen LogP contribution in [0, 0.1) is 11.3 Å². The molecule has 0 aliphatic carbocycles. The lowest BCUT2D eigenvalue weighted by Gasteiger charge is -2.26. The maximum absolute atomic E-state index is 12.2. The van der Waals surface area contributed by atoms with Crippen molar-refractivity contribution in [1.82, 2.24) is 14.0 Å². The number of hydrogen-bond acceptors (Lipinski definition) is 6. The topological polar surface area (TPSA) is 92.3 Å². The average Bonchev–Trinajstić information content (AvgIpc) is 2.64. The molecule has 1 N–H and O–H groups in total. The first-order valence-corrected chi connectivity index (χ1v) is 8.06. The van der Waals surface area contributed by atoms with Crippen LogP contribution in [0.15, 0.2) is 33.9 Å². The Morgan fingerprint density at radius 2 is 1.96 bits per heavy atom. The molecule has 0 amide bonds. The number of nitrogens with zero attached hydrogens (tertiary/aromatic N) is 4. The molecule has 2 aromatic rings. The quantitative estimate of drug-likeness (QED) is 0.817. The zero-order chi connectivity index (χ0) is 19.4. The zero-order valence-corrected chi connectivity index (χ0v) is 15.6. The van der Waals surface area contributed by atoms with E-state index in [0.717, 1.165) is 15.9 Å². The summed E-state index contributed by atoms with van der Waals surface area (Å²) in [4.78, 5) is 26.4. The van der Waals surface area contributed by atoms with Crippen LogP contribution in [-0.4, -0.2) is 41.8 Å². The number of aromatic nitrogens is 2. The molecule has 0 unspecified atom stereocenters. The Labute approximate surface area is 151 Å². The molecule has 1 aromatic heterocycles. The minimum absolute atomic E-state index is 0.0594. The van der Waals surface area contributed by atoms with E-state index in [1.165, 1.54) is 18.7 Å². The van der Waals surface area contributed by atoms with Gasteiger partial charge < -0.3 is 15.0 Å². The first-order chi connectivity index (χ1) is 12.3. The second kappa shape index (κ2) is 7.89. The van der Waals surface area contributed by atoms with E-state index in [4.69, 9.17) is 4.74 Å². The van der Waals surface area contributed by atoms with E-state index in [-0.39, 0.29) is 17.4 Å². The Morgan fingerprint density at radius 3 is 2.54 bits per heavy atom. The molecule has 1 aromatic carbocycles. The van der Waals surface area contributed by atoms with Crippen molar-refractivity contribution in [2.75, 3.05) is 33.1 Å². The van der Waals surface area contributed by atoms with Gasteiger partial charge in [-0.3, -0.25) is 13.9 Å². The van der Waals surface area contributed by atoms with Crippen LogP contribution in [0.4, 0.5) is 5.82 Å². The molecule has 138 valence electrons. The number of nitrogens with one attached hydrogen (secondary N) is 1. The summed E-state index contributed by atoms with van der Waals surface area (Å²) in [6.45, 7) is 0.398. The van der Waals surface area contributed by atoms with Gasteiger partial charge in [-0.05, 0) is 31.8 Å². The van der Waals surface area contributed by atoms with Gasteiger partial charge in [0.15, 0.2) is 5.56 Å². The third-order valence-corrected chi connectivity index (χ3v) is 4.34. The van der Waals surface area contributed by atoms with E-state index in [1.807, 2.05) is 49.3 Å². The highest BCUT2D eigenvalue weighted by Crippen LogP contribution is 2.23. The van der Waals surface area contributed by atoms with Crippen molar-refractivity contribution in [3.05, 3.63) is 56.2 Å². The van der Waals surface area contributed by atoms with Gasteiger partial charge in [0.05, 0.1) is 13.2 Å². The van der Waals surface area contributed by atoms with Crippen molar-refractivity contribution in [3.8, 4) is 11.8 Å². The van der Waals surface area contributed by atoms with Crippen LogP contribution in [0.5, 0.6) is 5.75 Å². The highest BCUT2D eigenvalue weighted by molar-refractivity contribution is 5.51. The lowest BCUT2D eigenvalue weighted by molar-refractivity contribution is 0.310. The molecule has 0 bridgehead atoms. The van der Waals surface area contributed by atoms with Gasteiger partial charge in [0.2, 0.25) is 0 Å². The first kappa shape index (κ1) is 19.3. The van der Waals surface area contributed by atoms with Crippen LogP contribution in [0.25, 0.3) is 0 Å². The van der Waals surface area contributed by atoms with Crippen molar-refractivity contribution < 1.29 is 4.74 Å². The Morgan fingerprint density at radius 1 is 1.27 bits per heavy atom. The Hall–Kier alpha value is -3.05. The standard InChI is InChI=1S/C18H23N5O3/c1-21(2)15(12-7-6-8-13(9-12)26-5)11-20-16-14(10-19)17(24)23(4)18(25)22(16)3/h6-9,15,20H,11H2,1-5H3/t15-/m1/s1. The van der Waals surface area contributed by atoms with Crippen molar-refractivity contribution in [2.45, 2.75) is 6.04 Å². The number of rotatable bonds is 6. The van der Waals surface area contributed by atoms with Crippen LogP contribution in [0.1, 0.15) is 17.2 Å². The molecule has 0 saturated carbocycles. The van der Waals surface area contributed by atoms with E-state index in [2.05, 4.69) is 5.32 Å². The van der Waals surface area contributed by atoms with Gasteiger partial charge in [-0.15, -0.1) is 0 Å². The van der Waals surface area contributed by atoms with Crippen molar-refractivity contribution >= 4 is 5.82 Å². The maximum atomic E-state index is 12.2. The number of nitriles is 1. The highest BCUT2D eigenvalue weighted by Gasteiger charge is 2.19. The predicted octanol–water partition coefficient (Wildman–Crippen LogP) is 0.679. The Kier molecular flexibility index (Phi) is 5.85. The summed E-state index contributed by atoms with van der Waals surface area (Å²) in [5.74, 6) is 0.961. The first-order valence-electron chi connectivity index (χ1n) is 8.06.